The number of benzene rings is 1. The molecule has 0 spiro atoms. The van der Waals surface area contributed by atoms with Gasteiger partial charge in [-0.15, -0.1) is 0 Å². The lowest BCUT2D eigenvalue weighted by molar-refractivity contribution is -0.151. The van der Waals surface area contributed by atoms with Crippen molar-refractivity contribution in [2.75, 3.05) is 35.0 Å². The topological polar surface area (TPSA) is 109 Å². The second-order valence-corrected chi connectivity index (χ2v) is 8.21. The fourth-order valence-corrected chi connectivity index (χ4v) is 4.75. The van der Waals surface area contributed by atoms with Crippen LogP contribution >= 0.6 is 0 Å². The van der Waals surface area contributed by atoms with Gasteiger partial charge in [0, 0.05) is 28.6 Å². The van der Waals surface area contributed by atoms with Crippen LogP contribution in [0.3, 0.4) is 0 Å². The molecule has 0 radical (unpaired) electrons. The normalized spacial score (nSPS) is 22.0. The average Bonchev–Trinajstić information content (AvgIpc) is 2.81. The molecule has 1 aromatic carbocycles. The van der Waals surface area contributed by atoms with Gasteiger partial charge in [0.1, 0.15) is 11.7 Å². The molecule has 1 aliphatic carbocycles. The molecule has 1 aromatic rings. The minimum Gasteiger partial charge on any atom is -0.496 e. The molecule has 9 nitrogen and oxygen atoms in total. The zero-order valence-corrected chi connectivity index (χ0v) is 20.6. The molecule has 0 saturated carbocycles. The zero-order valence-electron chi connectivity index (χ0n) is 20.6. The Balaban J connectivity index is 2.32. The van der Waals surface area contributed by atoms with Crippen molar-refractivity contribution in [1.29, 1.82) is 0 Å². The molecule has 0 unspecified atom stereocenters. The number of ketones is 1. The summed E-state index contributed by atoms with van der Waals surface area (Å²) in [5.74, 6) is -2.46. The monoisotopic (exact) mass is 473 g/mol. The maximum atomic E-state index is 13.8. The molecule has 1 aliphatic heterocycles. The highest BCUT2D eigenvalue weighted by Crippen LogP contribution is 2.49. The first-order valence-corrected chi connectivity index (χ1v) is 11.0. The summed E-state index contributed by atoms with van der Waals surface area (Å²) in [4.78, 5) is 39.5. The number of ether oxygens (including phenoxy) is 5. The molecule has 0 aromatic heterocycles. The second-order valence-electron chi connectivity index (χ2n) is 8.21. The molecule has 3 rings (SSSR count). The molecule has 1 heterocycles. The highest BCUT2D eigenvalue weighted by molar-refractivity contribution is 6.12. The van der Waals surface area contributed by atoms with Crippen molar-refractivity contribution in [3.05, 3.63) is 40.2 Å². The lowest BCUT2D eigenvalue weighted by Gasteiger charge is -2.38. The Bertz CT molecular complexity index is 1070. The molecular weight excluding hydrogens is 442 g/mol. The van der Waals surface area contributed by atoms with Gasteiger partial charge in [0.15, 0.2) is 17.3 Å². The highest BCUT2D eigenvalue weighted by Gasteiger charge is 2.48. The van der Waals surface area contributed by atoms with Gasteiger partial charge < -0.3 is 29.0 Å². The Morgan fingerprint density at radius 2 is 1.65 bits per heavy atom. The number of nitrogens with one attached hydrogen (secondary N) is 1. The molecular formula is C25H31NO8. The van der Waals surface area contributed by atoms with E-state index in [2.05, 4.69) is 5.32 Å². The van der Waals surface area contributed by atoms with Crippen molar-refractivity contribution < 1.29 is 38.1 Å². The molecule has 3 atom stereocenters. The molecule has 0 fully saturated rings. The quantitative estimate of drug-likeness (QED) is 0.472. The number of esters is 2. The third-order valence-electron chi connectivity index (χ3n) is 6.29. The van der Waals surface area contributed by atoms with Gasteiger partial charge in [0.05, 0.1) is 46.5 Å². The predicted octanol–water partition coefficient (Wildman–Crippen LogP) is 2.89. The lowest BCUT2D eigenvalue weighted by atomic mass is 9.69. The maximum absolute atomic E-state index is 13.8. The second kappa shape index (κ2) is 10.2. The van der Waals surface area contributed by atoms with Gasteiger partial charge in [-0.3, -0.25) is 9.59 Å². The summed E-state index contributed by atoms with van der Waals surface area (Å²) in [5.41, 5.74) is 2.31. The minimum absolute atomic E-state index is 0.160. The number of allylic oxidation sites excluding steroid dienone is 3. The number of dihydropyridines is 1. The van der Waals surface area contributed by atoms with Gasteiger partial charge in [0.25, 0.3) is 0 Å². The van der Waals surface area contributed by atoms with E-state index in [1.807, 2.05) is 6.92 Å². The predicted molar refractivity (Wildman–Crippen MR) is 123 cm³/mol. The summed E-state index contributed by atoms with van der Waals surface area (Å²) < 4.78 is 26.8. The van der Waals surface area contributed by atoms with E-state index < -0.39 is 29.6 Å². The molecule has 9 heteroatoms. The smallest absolute Gasteiger partial charge is 0.336 e. The number of hydrogen-bond donors (Lipinski definition) is 1. The van der Waals surface area contributed by atoms with E-state index >= 15 is 0 Å². The third kappa shape index (κ3) is 4.22. The van der Waals surface area contributed by atoms with Crippen LogP contribution in [0, 0.1) is 11.8 Å². The molecule has 1 N–H and O–H groups in total. The highest BCUT2D eigenvalue weighted by atomic mass is 16.5. The lowest BCUT2D eigenvalue weighted by Crippen LogP contribution is -2.43. The minimum atomic E-state index is -0.985. The van der Waals surface area contributed by atoms with Crippen LogP contribution in [-0.4, -0.2) is 52.8 Å². The summed E-state index contributed by atoms with van der Waals surface area (Å²) in [6.07, 6.45) is 0.431. The van der Waals surface area contributed by atoms with Crippen LogP contribution in [-0.2, 0) is 23.9 Å². The van der Waals surface area contributed by atoms with E-state index in [-0.39, 0.29) is 18.1 Å². The van der Waals surface area contributed by atoms with Gasteiger partial charge in [-0.1, -0.05) is 6.92 Å². The molecule has 2 aliphatic rings. The summed E-state index contributed by atoms with van der Waals surface area (Å²) in [6, 6.07) is 3.32. The van der Waals surface area contributed by atoms with Gasteiger partial charge in [0.2, 0.25) is 0 Å². The number of carbonyl (C=O) groups is 3. The fraction of sp³-hybridized carbons (Fsp3) is 0.480. The SMILES string of the molecule is CCOC(=O)C1=C(C)NC2=C(C(=O)[C@@H](C(=O)OC)[C@H](C)C2)[C@H]1c1cc(OC)c(OC)cc1OC. The maximum Gasteiger partial charge on any atom is 0.336 e. The average molecular weight is 474 g/mol. The van der Waals surface area contributed by atoms with E-state index in [4.69, 9.17) is 23.7 Å². The number of Topliss-reactive ketones (excluding diaryl/α,β-unsaturated/α-hetero) is 1. The Hall–Kier alpha value is -3.49. The molecule has 34 heavy (non-hydrogen) atoms. The molecule has 0 amide bonds. The molecule has 0 saturated heterocycles. The van der Waals surface area contributed by atoms with Crippen molar-refractivity contribution >= 4 is 17.7 Å². The van der Waals surface area contributed by atoms with E-state index in [0.717, 1.165) is 0 Å². The first kappa shape index (κ1) is 25.1. The van der Waals surface area contributed by atoms with Crippen molar-refractivity contribution in [2.24, 2.45) is 11.8 Å². The van der Waals surface area contributed by atoms with Crippen LogP contribution in [0.25, 0.3) is 0 Å². The Morgan fingerprint density at radius 1 is 1.03 bits per heavy atom. The van der Waals surface area contributed by atoms with Crippen molar-refractivity contribution in [3.63, 3.8) is 0 Å². The van der Waals surface area contributed by atoms with Gasteiger partial charge in [-0.05, 0) is 32.3 Å². The Morgan fingerprint density at radius 3 is 2.21 bits per heavy atom. The van der Waals surface area contributed by atoms with E-state index in [1.165, 1.54) is 28.4 Å². The first-order valence-electron chi connectivity index (χ1n) is 11.0. The van der Waals surface area contributed by atoms with Crippen molar-refractivity contribution in [3.8, 4) is 17.2 Å². The standard InChI is InChI=1S/C25H31NO8/c1-8-34-25(29)20-13(3)26-15-9-12(2)19(24(28)33-7)23(27)22(15)21(20)14-10-17(31-5)18(32-6)11-16(14)30-4/h10-12,19,21,26H,8-9H2,1-7H3/t12-,19+,21+/m1/s1. The first-order chi connectivity index (χ1) is 16.2. The number of rotatable bonds is 7. The summed E-state index contributed by atoms with van der Waals surface area (Å²) in [7, 11) is 5.75. The van der Waals surface area contributed by atoms with E-state index in [9.17, 15) is 14.4 Å². The number of hydrogen-bond acceptors (Lipinski definition) is 9. The number of methoxy groups -OCH3 is 4. The van der Waals surface area contributed by atoms with Crippen molar-refractivity contribution in [1.82, 2.24) is 5.32 Å². The Kier molecular flexibility index (Phi) is 7.54. The molecule has 184 valence electrons. The van der Waals surface area contributed by atoms with Crippen LogP contribution in [0.5, 0.6) is 17.2 Å². The van der Waals surface area contributed by atoms with E-state index in [0.29, 0.717) is 46.2 Å². The van der Waals surface area contributed by atoms with Crippen LogP contribution in [0.1, 0.15) is 38.7 Å². The van der Waals surface area contributed by atoms with Crippen molar-refractivity contribution in [2.45, 2.75) is 33.1 Å². The summed E-state index contributed by atoms with van der Waals surface area (Å²) in [5, 5.41) is 3.22. The molecule has 0 bridgehead atoms. The van der Waals surface area contributed by atoms with Crippen LogP contribution < -0.4 is 19.5 Å². The van der Waals surface area contributed by atoms with Crippen LogP contribution in [0.4, 0.5) is 0 Å². The number of carbonyl (C=O) groups excluding carboxylic acids is 3. The van der Waals surface area contributed by atoms with Gasteiger partial charge in [-0.25, -0.2) is 4.79 Å². The largest absolute Gasteiger partial charge is 0.496 e. The van der Waals surface area contributed by atoms with Gasteiger partial charge in [-0.2, -0.15) is 0 Å². The van der Waals surface area contributed by atoms with Crippen LogP contribution in [0.2, 0.25) is 0 Å². The summed E-state index contributed by atoms with van der Waals surface area (Å²) in [6.45, 7) is 5.46. The van der Waals surface area contributed by atoms with Crippen LogP contribution in [0.15, 0.2) is 34.7 Å². The summed E-state index contributed by atoms with van der Waals surface area (Å²) >= 11 is 0. The van der Waals surface area contributed by atoms with Gasteiger partial charge >= 0.3 is 11.9 Å². The zero-order chi connectivity index (χ0) is 25.2. The third-order valence-corrected chi connectivity index (χ3v) is 6.29. The Labute approximate surface area is 199 Å². The van der Waals surface area contributed by atoms with E-state index in [1.54, 1.807) is 26.0 Å². The fourth-order valence-electron chi connectivity index (χ4n) is 4.75.